The van der Waals surface area contributed by atoms with E-state index in [0.29, 0.717) is 6.73 Å². The van der Waals surface area contributed by atoms with Gasteiger partial charge in [-0.15, -0.1) is 0 Å². The molecule has 2 aliphatic heterocycles. The standard InChI is InChI=1S/C28H30N6O2/c1-2-32-13-15-33(16-14-32)28(35)20-3-6-23(7-4-20)31-24-8-9-25(34-12-11-30-27(24)34)21-5-10-26-22(17-21)18-29-19-36-26/h3-12,17,29,31H,2,13-16,18-19H2,1H3. The summed E-state index contributed by atoms with van der Waals surface area (Å²) in [5.41, 5.74) is 6.70. The number of carbonyl (C=O) groups is 1. The second-order valence-corrected chi connectivity index (χ2v) is 9.22. The van der Waals surface area contributed by atoms with Crippen molar-refractivity contribution in [1.82, 2.24) is 24.5 Å². The van der Waals surface area contributed by atoms with Gasteiger partial charge in [-0.05, 0) is 66.7 Å². The van der Waals surface area contributed by atoms with Gasteiger partial charge >= 0.3 is 0 Å². The molecule has 2 N–H and O–H groups in total. The minimum absolute atomic E-state index is 0.1000. The van der Waals surface area contributed by atoms with Gasteiger partial charge in [0.25, 0.3) is 5.91 Å². The number of ether oxygens (including phenoxy) is 1. The summed E-state index contributed by atoms with van der Waals surface area (Å²) in [5, 5.41) is 6.72. The van der Waals surface area contributed by atoms with Crippen molar-refractivity contribution in [2.75, 3.05) is 44.8 Å². The van der Waals surface area contributed by atoms with Gasteiger partial charge in [0.2, 0.25) is 0 Å². The highest BCUT2D eigenvalue weighted by atomic mass is 16.5. The fourth-order valence-corrected chi connectivity index (χ4v) is 4.98. The van der Waals surface area contributed by atoms with E-state index in [-0.39, 0.29) is 5.91 Å². The Morgan fingerprint density at radius 3 is 2.69 bits per heavy atom. The lowest BCUT2D eigenvalue weighted by Crippen LogP contribution is -2.48. The zero-order valence-electron chi connectivity index (χ0n) is 20.4. The van der Waals surface area contributed by atoms with E-state index in [1.807, 2.05) is 47.6 Å². The van der Waals surface area contributed by atoms with Gasteiger partial charge in [-0.25, -0.2) is 4.98 Å². The summed E-state index contributed by atoms with van der Waals surface area (Å²) >= 11 is 0. The normalized spacial score (nSPS) is 16.0. The monoisotopic (exact) mass is 482 g/mol. The predicted octanol–water partition coefficient (Wildman–Crippen LogP) is 3.96. The van der Waals surface area contributed by atoms with Crippen LogP contribution in [0.25, 0.3) is 16.9 Å². The van der Waals surface area contributed by atoms with Gasteiger partial charge in [0.15, 0.2) is 5.65 Å². The quantitative estimate of drug-likeness (QED) is 0.449. The lowest BCUT2D eigenvalue weighted by Gasteiger charge is -2.34. The molecule has 2 aromatic heterocycles. The van der Waals surface area contributed by atoms with Crippen LogP contribution in [-0.4, -0.2) is 64.5 Å². The number of hydrogen-bond acceptors (Lipinski definition) is 6. The van der Waals surface area contributed by atoms with Crippen LogP contribution in [0.1, 0.15) is 22.8 Å². The van der Waals surface area contributed by atoms with Crippen molar-refractivity contribution in [3.63, 3.8) is 0 Å². The molecule has 0 unspecified atom stereocenters. The number of likely N-dealkylation sites (N-methyl/N-ethyl adjacent to an activating group) is 1. The van der Waals surface area contributed by atoms with Crippen LogP contribution in [0.5, 0.6) is 5.75 Å². The number of benzene rings is 2. The van der Waals surface area contributed by atoms with E-state index in [2.05, 4.69) is 56.1 Å². The van der Waals surface area contributed by atoms with Crippen LogP contribution in [0.4, 0.5) is 11.4 Å². The third-order valence-electron chi connectivity index (χ3n) is 7.07. The van der Waals surface area contributed by atoms with Crippen LogP contribution < -0.4 is 15.4 Å². The number of imidazole rings is 1. The predicted molar refractivity (Wildman–Crippen MR) is 141 cm³/mol. The van der Waals surface area contributed by atoms with E-state index in [1.165, 1.54) is 0 Å². The Balaban J connectivity index is 1.20. The summed E-state index contributed by atoms with van der Waals surface area (Å²) in [6.45, 7) is 7.98. The number of aromatic nitrogens is 2. The molecule has 2 aliphatic rings. The minimum atomic E-state index is 0.1000. The van der Waals surface area contributed by atoms with Crippen molar-refractivity contribution in [2.45, 2.75) is 13.5 Å². The molecule has 0 bridgehead atoms. The molecule has 8 nitrogen and oxygen atoms in total. The van der Waals surface area contributed by atoms with E-state index in [0.717, 1.165) is 84.4 Å². The molecule has 1 amide bonds. The molecular weight excluding hydrogens is 452 g/mol. The number of amides is 1. The first-order valence-electron chi connectivity index (χ1n) is 12.5. The first kappa shape index (κ1) is 22.6. The lowest BCUT2D eigenvalue weighted by molar-refractivity contribution is 0.0643. The summed E-state index contributed by atoms with van der Waals surface area (Å²) in [5.74, 6) is 1.03. The number of nitrogens with one attached hydrogen (secondary N) is 2. The Morgan fingerprint density at radius 2 is 1.89 bits per heavy atom. The Bertz CT molecular complexity index is 1390. The maximum Gasteiger partial charge on any atom is 0.253 e. The highest BCUT2D eigenvalue weighted by Crippen LogP contribution is 2.31. The summed E-state index contributed by atoms with van der Waals surface area (Å²) in [4.78, 5) is 21.9. The number of piperazine rings is 1. The SMILES string of the molecule is CCN1CCN(C(=O)c2ccc(Nc3ccc(-c4ccc5c(c4)CNCO5)n4ccnc34)cc2)CC1. The van der Waals surface area contributed by atoms with Gasteiger partial charge < -0.3 is 19.9 Å². The number of rotatable bonds is 5. The molecule has 4 heterocycles. The van der Waals surface area contributed by atoms with Crippen LogP contribution in [0.3, 0.4) is 0 Å². The number of carbonyl (C=O) groups excluding carboxylic acids is 1. The number of anilines is 2. The van der Waals surface area contributed by atoms with Crippen LogP contribution in [0, 0.1) is 0 Å². The van der Waals surface area contributed by atoms with Crippen molar-refractivity contribution < 1.29 is 9.53 Å². The Labute approximate surface area is 210 Å². The fourth-order valence-electron chi connectivity index (χ4n) is 4.98. The van der Waals surface area contributed by atoms with E-state index in [9.17, 15) is 4.79 Å². The minimum Gasteiger partial charge on any atom is -0.478 e. The average molecular weight is 483 g/mol. The molecule has 0 atom stereocenters. The van der Waals surface area contributed by atoms with Crippen molar-refractivity contribution >= 4 is 22.9 Å². The summed E-state index contributed by atoms with van der Waals surface area (Å²) in [6.07, 6.45) is 3.79. The van der Waals surface area contributed by atoms with E-state index in [1.54, 1.807) is 0 Å². The zero-order chi connectivity index (χ0) is 24.5. The smallest absolute Gasteiger partial charge is 0.253 e. The maximum atomic E-state index is 12.9. The number of hydrogen-bond donors (Lipinski definition) is 2. The van der Waals surface area contributed by atoms with Gasteiger partial charge in [-0.1, -0.05) is 6.92 Å². The van der Waals surface area contributed by atoms with Crippen molar-refractivity contribution in [1.29, 1.82) is 0 Å². The molecular formula is C28H30N6O2. The highest BCUT2D eigenvalue weighted by Gasteiger charge is 2.21. The van der Waals surface area contributed by atoms with Crippen molar-refractivity contribution in [3.8, 4) is 17.0 Å². The highest BCUT2D eigenvalue weighted by molar-refractivity contribution is 5.94. The molecule has 0 aliphatic carbocycles. The number of nitrogens with zero attached hydrogens (tertiary/aromatic N) is 4. The molecule has 0 saturated carbocycles. The molecule has 36 heavy (non-hydrogen) atoms. The van der Waals surface area contributed by atoms with E-state index < -0.39 is 0 Å². The molecule has 184 valence electrons. The summed E-state index contributed by atoms with van der Waals surface area (Å²) in [6, 6.07) is 18.2. The van der Waals surface area contributed by atoms with Gasteiger partial charge in [-0.3, -0.25) is 14.5 Å². The third-order valence-corrected chi connectivity index (χ3v) is 7.07. The first-order chi connectivity index (χ1) is 17.7. The van der Waals surface area contributed by atoms with Gasteiger partial charge in [0.1, 0.15) is 12.5 Å². The summed E-state index contributed by atoms with van der Waals surface area (Å²) in [7, 11) is 0. The lowest BCUT2D eigenvalue weighted by atomic mass is 10.1. The van der Waals surface area contributed by atoms with Crippen molar-refractivity contribution in [3.05, 3.63) is 78.1 Å². The Morgan fingerprint density at radius 1 is 1.06 bits per heavy atom. The molecule has 8 heteroatoms. The van der Waals surface area contributed by atoms with Crippen LogP contribution >= 0.6 is 0 Å². The molecule has 1 saturated heterocycles. The van der Waals surface area contributed by atoms with E-state index >= 15 is 0 Å². The molecule has 0 radical (unpaired) electrons. The third kappa shape index (κ3) is 4.29. The second kappa shape index (κ2) is 9.64. The maximum absolute atomic E-state index is 12.9. The average Bonchev–Trinajstić information content (AvgIpc) is 3.44. The Hall–Kier alpha value is -3.88. The first-order valence-corrected chi connectivity index (χ1v) is 12.5. The molecule has 4 aromatic rings. The van der Waals surface area contributed by atoms with E-state index in [4.69, 9.17) is 4.74 Å². The molecule has 6 rings (SSSR count). The number of pyridine rings is 1. The second-order valence-electron chi connectivity index (χ2n) is 9.22. The zero-order valence-corrected chi connectivity index (χ0v) is 20.4. The van der Waals surface area contributed by atoms with Crippen LogP contribution in [-0.2, 0) is 6.54 Å². The van der Waals surface area contributed by atoms with Gasteiger partial charge in [0.05, 0.1) is 11.4 Å². The Kier molecular flexibility index (Phi) is 6.04. The van der Waals surface area contributed by atoms with Crippen molar-refractivity contribution in [2.24, 2.45) is 0 Å². The molecule has 1 fully saturated rings. The number of fused-ring (bicyclic) bond motifs is 2. The topological polar surface area (TPSA) is 74.1 Å². The fraction of sp³-hybridized carbons (Fsp3) is 0.286. The van der Waals surface area contributed by atoms with Gasteiger partial charge in [0, 0.05) is 61.9 Å². The molecule has 2 aromatic carbocycles. The molecule has 0 spiro atoms. The van der Waals surface area contributed by atoms with Crippen LogP contribution in [0.15, 0.2) is 67.0 Å². The summed E-state index contributed by atoms with van der Waals surface area (Å²) < 4.78 is 7.77. The largest absolute Gasteiger partial charge is 0.478 e. The van der Waals surface area contributed by atoms with Crippen LogP contribution in [0.2, 0.25) is 0 Å². The van der Waals surface area contributed by atoms with Gasteiger partial charge in [-0.2, -0.15) is 0 Å².